The third kappa shape index (κ3) is 3.66. The molecule has 0 unspecified atom stereocenters. The minimum atomic E-state index is 0.163. The number of oxime groups is 1. The van der Waals surface area contributed by atoms with Gasteiger partial charge in [-0.15, -0.1) is 0 Å². The molecule has 110 valence electrons. The number of nitrogens with zero attached hydrogens (tertiary/aromatic N) is 2. The van der Waals surface area contributed by atoms with E-state index in [0.29, 0.717) is 12.0 Å². The SMILES string of the molecule is CC(C)CCN(c1ccc(Br)cc1/C(N)=N/O)C1CC1. The van der Waals surface area contributed by atoms with Crippen LogP contribution in [0.25, 0.3) is 0 Å². The summed E-state index contributed by atoms with van der Waals surface area (Å²) in [5.74, 6) is 0.829. The molecule has 5 heteroatoms. The Balaban J connectivity index is 2.32. The van der Waals surface area contributed by atoms with E-state index in [1.165, 1.54) is 12.8 Å². The Hall–Kier alpha value is -1.23. The third-order valence-corrected chi connectivity index (χ3v) is 4.08. The number of hydrogen-bond donors (Lipinski definition) is 2. The molecule has 0 amide bonds. The van der Waals surface area contributed by atoms with Crippen LogP contribution < -0.4 is 10.6 Å². The highest BCUT2D eigenvalue weighted by molar-refractivity contribution is 9.10. The Bertz CT molecular complexity index is 498. The molecule has 1 saturated carbocycles. The van der Waals surface area contributed by atoms with Crippen molar-refractivity contribution in [3.05, 3.63) is 28.2 Å². The van der Waals surface area contributed by atoms with Crippen molar-refractivity contribution >= 4 is 27.5 Å². The molecule has 1 aromatic rings. The maximum Gasteiger partial charge on any atom is 0.172 e. The Kier molecular flexibility index (Phi) is 4.91. The van der Waals surface area contributed by atoms with Crippen molar-refractivity contribution in [1.29, 1.82) is 0 Å². The van der Waals surface area contributed by atoms with Gasteiger partial charge in [-0.1, -0.05) is 34.9 Å². The summed E-state index contributed by atoms with van der Waals surface area (Å²) in [6, 6.07) is 6.57. The number of benzene rings is 1. The maximum absolute atomic E-state index is 8.99. The van der Waals surface area contributed by atoms with Crippen LogP contribution in [-0.2, 0) is 0 Å². The zero-order valence-electron chi connectivity index (χ0n) is 12.0. The van der Waals surface area contributed by atoms with Crippen LogP contribution in [0.4, 0.5) is 5.69 Å². The molecule has 0 aromatic heterocycles. The first-order valence-corrected chi connectivity index (χ1v) is 7.86. The summed E-state index contributed by atoms with van der Waals surface area (Å²) in [7, 11) is 0. The highest BCUT2D eigenvalue weighted by Gasteiger charge is 2.30. The molecule has 0 heterocycles. The van der Waals surface area contributed by atoms with Crippen LogP contribution in [0.3, 0.4) is 0 Å². The van der Waals surface area contributed by atoms with E-state index < -0.39 is 0 Å². The fourth-order valence-corrected chi connectivity index (χ4v) is 2.66. The minimum absolute atomic E-state index is 0.163. The monoisotopic (exact) mass is 339 g/mol. The van der Waals surface area contributed by atoms with E-state index in [1.807, 2.05) is 12.1 Å². The predicted molar refractivity (Wildman–Crippen MR) is 86.5 cm³/mol. The van der Waals surface area contributed by atoms with Crippen molar-refractivity contribution in [2.45, 2.75) is 39.2 Å². The standard InChI is InChI=1S/C15H22BrN3O/c1-10(2)7-8-19(12-4-5-12)14-6-3-11(16)9-13(14)15(17)18-20/h3,6,9-10,12,20H,4-5,7-8H2,1-2H3,(H2,17,18). The number of halogens is 1. The normalized spacial score (nSPS) is 15.7. The van der Waals surface area contributed by atoms with Crippen molar-refractivity contribution in [2.24, 2.45) is 16.8 Å². The first kappa shape index (κ1) is 15.2. The summed E-state index contributed by atoms with van der Waals surface area (Å²) in [6.45, 7) is 5.48. The summed E-state index contributed by atoms with van der Waals surface area (Å²) < 4.78 is 0.933. The molecule has 4 nitrogen and oxygen atoms in total. The lowest BCUT2D eigenvalue weighted by Crippen LogP contribution is -2.30. The second-order valence-electron chi connectivity index (χ2n) is 5.75. The number of anilines is 1. The van der Waals surface area contributed by atoms with Crippen molar-refractivity contribution in [1.82, 2.24) is 0 Å². The van der Waals surface area contributed by atoms with Gasteiger partial charge in [-0.05, 0) is 43.4 Å². The highest BCUT2D eigenvalue weighted by Crippen LogP contribution is 2.35. The fourth-order valence-electron chi connectivity index (χ4n) is 2.30. The molecular formula is C15H22BrN3O. The van der Waals surface area contributed by atoms with Crippen molar-refractivity contribution in [2.75, 3.05) is 11.4 Å². The van der Waals surface area contributed by atoms with Crippen LogP contribution in [0.1, 0.15) is 38.7 Å². The molecule has 0 atom stereocenters. The fraction of sp³-hybridized carbons (Fsp3) is 0.533. The van der Waals surface area contributed by atoms with Gasteiger partial charge in [-0.25, -0.2) is 0 Å². The quantitative estimate of drug-likeness (QED) is 0.360. The number of amidine groups is 1. The van der Waals surface area contributed by atoms with E-state index in [9.17, 15) is 0 Å². The van der Waals surface area contributed by atoms with E-state index in [1.54, 1.807) is 0 Å². The number of rotatable bonds is 6. The zero-order valence-corrected chi connectivity index (χ0v) is 13.6. The largest absolute Gasteiger partial charge is 0.409 e. The molecule has 0 bridgehead atoms. The van der Waals surface area contributed by atoms with E-state index in [2.05, 4.69) is 45.9 Å². The second-order valence-corrected chi connectivity index (χ2v) is 6.67. The van der Waals surface area contributed by atoms with Crippen LogP contribution >= 0.6 is 15.9 Å². The van der Waals surface area contributed by atoms with Crippen molar-refractivity contribution in [3.63, 3.8) is 0 Å². The van der Waals surface area contributed by atoms with Crippen molar-refractivity contribution < 1.29 is 5.21 Å². The first-order valence-electron chi connectivity index (χ1n) is 7.07. The Morgan fingerprint density at radius 1 is 1.50 bits per heavy atom. The summed E-state index contributed by atoms with van der Waals surface area (Å²) in [6.07, 6.45) is 3.59. The Labute approximate surface area is 128 Å². The summed E-state index contributed by atoms with van der Waals surface area (Å²) in [5.41, 5.74) is 7.68. The number of nitrogens with two attached hydrogens (primary N) is 1. The second kappa shape index (κ2) is 6.48. The van der Waals surface area contributed by atoms with Crippen LogP contribution in [0.2, 0.25) is 0 Å². The Morgan fingerprint density at radius 2 is 2.20 bits per heavy atom. The number of hydrogen-bond acceptors (Lipinski definition) is 3. The van der Waals surface area contributed by atoms with Gasteiger partial charge in [0.25, 0.3) is 0 Å². The molecular weight excluding hydrogens is 318 g/mol. The predicted octanol–water partition coefficient (Wildman–Crippen LogP) is 3.56. The van der Waals surface area contributed by atoms with E-state index >= 15 is 0 Å². The average molecular weight is 340 g/mol. The lowest BCUT2D eigenvalue weighted by molar-refractivity contribution is 0.318. The van der Waals surface area contributed by atoms with Gasteiger partial charge in [-0.2, -0.15) is 0 Å². The lowest BCUT2D eigenvalue weighted by Gasteiger charge is -2.27. The topological polar surface area (TPSA) is 61.8 Å². The third-order valence-electron chi connectivity index (χ3n) is 3.59. The van der Waals surface area contributed by atoms with Crippen LogP contribution in [0, 0.1) is 5.92 Å². The molecule has 2 rings (SSSR count). The lowest BCUT2D eigenvalue weighted by atomic mass is 10.1. The highest BCUT2D eigenvalue weighted by atomic mass is 79.9. The van der Waals surface area contributed by atoms with Gasteiger partial charge in [0, 0.05) is 28.3 Å². The van der Waals surface area contributed by atoms with E-state index in [0.717, 1.165) is 28.7 Å². The molecule has 1 aliphatic rings. The summed E-state index contributed by atoms with van der Waals surface area (Å²) >= 11 is 3.45. The molecule has 1 aliphatic carbocycles. The minimum Gasteiger partial charge on any atom is -0.409 e. The molecule has 0 radical (unpaired) electrons. The molecule has 1 fully saturated rings. The average Bonchev–Trinajstić information content (AvgIpc) is 3.23. The molecule has 0 saturated heterocycles. The summed E-state index contributed by atoms with van der Waals surface area (Å²) in [5, 5.41) is 12.2. The molecule has 0 aliphatic heterocycles. The van der Waals surface area contributed by atoms with Crippen LogP contribution in [-0.4, -0.2) is 23.6 Å². The van der Waals surface area contributed by atoms with E-state index in [-0.39, 0.29) is 5.84 Å². The van der Waals surface area contributed by atoms with Gasteiger partial charge >= 0.3 is 0 Å². The molecule has 3 N–H and O–H groups in total. The van der Waals surface area contributed by atoms with Crippen LogP contribution in [0.15, 0.2) is 27.8 Å². The van der Waals surface area contributed by atoms with E-state index in [4.69, 9.17) is 10.9 Å². The summed E-state index contributed by atoms with van der Waals surface area (Å²) in [4.78, 5) is 2.40. The van der Waals surface area contributed by atoms with Gasteiger partial charge in [0.15, 0.2) is 5.84 Å². The molecule has 20 heavy (non-hydrogen) atoms. The first-order chi connectivity index (χ1) is 9.52. The molecule has 1 aromatic carbocycles. The smallest absolute Gasteiger partial charge is 0.172 e. The van der Waals surface area contributed by atoms with Gasteiger partial charge in [-0.3, -0.25) is 0 Å². The van der Waals surface area contributed by atoms with Crippen molar-refractivity contribution in [3.8, 4) is 0 Å². The van der Waals surface area contributed by atoms with Gasteiger partial charge < -0.3 is 15.8 Å². The Morgan fingerprint density at radius 3 is 2.75 bits per heavy atom. The zero-order chi connectivity index (χ0) is 14.7. The van der Waals surface area contributed by atoms with Gasteiger partial charge in [0.05, 0.1) is 0 Å². The van der Waals surface area contributed by atoms with Gasteiger partial charge in [0.1, 0.15) is 0 Å². The molecule has 0 spiro atoms. The maximum atomic E-state index is 8.99. The van der Waals surface area contributed by atoms with Gasteiger partial charge in [0.2, 0.25) is 0 Å². The van der Waals surface area contributed by atoms with Crippen LogP contribution in [0.5, 0.6) is 0 Å².